The normalized spacial score (nSPS) is 10.5. The van der Waals surface area contributed by atoms with Gasteiger partial charge in [-0.25, -0.2) is 0 Å². The molecule has 4 nitrogen and oxygen atoms in total. The summed E-state index contributed by atoms with van der Waals surface area (Å²) in [6.45, 7) is 6.80. The van der Waals surface area contributed by atoms with Gasteiger partial charge in [0.2, 0.25) is 5.88 Å². The monoisotopic (exact) mass is 223 g/mol. The van der Waals surface area contributed by atoms with Crippen LogP contribution in [0.15, 0.2) is 12.1 Å². The number of hydrogen-bond donors (Lipinski definition) is 2. The minimum atomic E-state index is 0.450. The molecule has 90 valence electrons. The van der Waals surface area contributed by atoms with Gasteiger partial charge < -0.3 is 15.8 Å². The van der Waals surface area contributed by atoms with Gasteiger partial charge in [-0.1, -0.05) is 13.8 Å². The van der Waals surface area contributed by atoms with Gasteiger partial charge in [0, 0.05) is 6.04 Å². The maximum atomic E-state index is 5.76. The molecule has 0 saturated carbocycles. The van der Waals surface area contributed by atoms with E-state index < -0.39 is 0 Å². The van der Waals surface area contributed by atoms with Gasteiger partial charge in [-0.2, -0.15) is 4.98 Å². The predicted octanol–water partition coefficient (Wildman–Crippen LogP) is 2.66. The lowest BCUT2D eigenvalue weighted by molar-refractivity contribution is 0.329. The molecule has 0 amide bonds. The van der Waals surface area contributed by atoms with Gasteiger partial charge in [-0.3, -0.25) is 0 Å². The minimum Gasteiger partial charge on any atom is -0.476 e. The van der Waals surface area contributed by atoms with Crippen LogP contribution in [0.4, 0.5) is 11.5 Å². The highest BCUT2D eigenvalue weighted by Crippen LogP contribution is 2.21. The molecule has 1 aromatic rings. The molecule has 0 bridgehead atoms. The van der Waals surface area contributed by atoms with Gasteiger partial charge >= 0.3 is 0 Å². The molecule has 1 aromatic heterocycles. The molecule has 0 aliphatic rings. The van der Waals surface area contributed by atoms with Crippen LogP contribution in [0.1, 0.15) is 33.6 Å². The van der Waals surface area contributed by atoms with E-state index in [9.17, 15) is 0 Å². The fourth-order valence-corrected chi connectivity index (χ4v) is 1.49. The summed E-state index contributed by atoms with van der Waals surface area (Å²) in [4.78, 5) is 4.34. The van der Waals surface area contributed by atoms with Crippen LogP contribution in [-0.2, 0) is 0 Å². The Morgan fingerprint density at radius 2 is 2.00 bits per heavy atom. The van der Waals surface area contributed by atoms with Crippen LogP contribution in [0.2, 0.25) is 0 Å². The predicted molar refractivity (Wildman–Crippen MR) is 67.8 cm³/mol. The number of nitrogens with zero attached hydrogens (tertiary/aromatic N) is 1. The van der Waals surface area contributed by atoms with Gasteiger partial charge in [0.1, 0.15) is 5.82 Å². The Labute approximate surface area is 97.2 Å². The molecular formula is C12H21N3O. The molecule has 0 saturated heterocycles. The lowest BCUT2D eigenvalue weighted by atomic mass is 10.2. The highest BCUT2D eigenvalue weighted by molar-refractivity contribution is 5.53. The maximum absolute atomic E-state index is 5.76. The van der Waals surface area contributed by atoms with E-state index in [-0.39, 0.29) is 0 Å². The average molecular weight is 223 g/mol. The Hall–Kier alpha value is -1.45. The molecule has 0 aromatic carbocycles. The second kappa shape index (κ2) is 6.20. The van der Waals surface area contributed by atoms with Crippen molar-refractivity contribution in [1.29, 1.82) is 0 Å². The number of nitrogen functional groups attached to an aromatic ring is 1. The van der Waals surface area contributed by atoms with Crippen LogP contribution in [-0.4, -0.2) is 17.6 Å². The standard InChI is InChI=1S/C12H21N3O/c1-4-9(5-2)14-11-8-7-10(13)12(15-11)16-6-3/h7-9H,4-6,13H2,1-3H3,(H,14,15). The van der Waals surface area contributed by atoms with Crippen LogP contribution in [0.3, 0.4) is 0 Å². The van der Waals surface area contributed by atoms with Gasteiger partial charge in [0.25, 0.3) is 0 Å². The molecule has 1 heterocycles. The molecule has 0 atom stereocenters. The van der Waals surface area contributed by atoms with Crippen molar-refractivity contribution in [2.45, 2.75) is 39.7 Å². The van der Waals surface area contributed by atoms with Crippen molar-refractivity contribution in [3.63, 3.8) is 0 Å². The van der Waals surface area contributed by atoms with Crippen molar-refractivity contribution in [2.75, 3.05) is 17.7 Å². The SMILES string of the molecule is CCOc1nc(NC(CC)CC)ccc1N. The first-order valence-corrected chi connectivity index (χ1v) is 5.87. The van der Waals surface area contributed by atoms with Crippen molar-refractivity contribution < 1.29 is 4.74 Å². The van der Waals surface area contributed by atoms with Crippen molar-refractivity contribution in [3.05, 3.63) is 12.1 Å². The third-order valence-corrected chi connectivity index (χ3v) is 2.51. The number of aromatic nitrogens is 1. The zero-order valence-electron chi connectivity index (χ0n) is 10.3. The molecule has 16 heavy (non-hydrogen) atoms. The molecule has 0 radical (unpaired) electrons. The number of pyridine rings is 1. The number of anilines is 2. The molecule has 4 heteroatoms. The summed E-state index contributed by atoms with van der Waals surface area (Å²) in [5.41, 5.74) is 6.34. The number of rotatable bonds is 6. The van der Waals surface area contributed by atoms with Crippen LogP contribution in [0, 0.1) is 0 Å². The van der Waals surface area contributed by atoms with E-state index >= 15 is 0 Å². The molecule has 1 rings (SSSR count). The van der Waals surface area contributed by atoms with Crippen LogP contribution in [0.25, 0.3) is 0 Å². The third kappa shape index (κ3) is 3.29. The average Bonchev–Trinajstić information content (AvgIpc) is 2.30. The summed E-state index contributed by atoms with van der Waals surface area (Å²) in [6, 6.07) is 4.16. The summed E-state index contributed by atoms with van der Waals surface area (Å²) in [7, 11) is 0. The molecule has 0 aliphatic carbocycles. The lowest BCUT2D eigenvalue weighted by Crippen LogP contribution is -2.18. The van der Waals surface area contributed by atoms with Crippen LogP contribution in [0.5, 0.6) is 5.88 Å². The van der Waals surface area contributed by atoms with Gasteiger partial charge in [-0.15, -0.1) is 0 Å². The first-order chi connectivity index (χ1) is 7.71. The zero-order valence-corrected chi connectivity index (χ0v) is 10.3. The molecule has 3 N–H and O–H groups in total. The number of nitrogens with two attached hydrogens (primary N) is 1. The number of nitrogens with one attached hydrogen (secondary N) is 1. The zero-order chi connectivity index (χ0) is 12.0. The molecule has 0 unspecified atom stereocenters. The van der Waals surface area contributed by atoms with E-state index in [2.05, 4.69) is 24.1 Å². The summed E-state index contributed by atoms with van der Waals surface area (Å²) in [6.07, 6.45) is 2.15. The first kappa shape index (κ1) is 12.6. The Morgan fingerprint density at radius 3 is 2.56 bits per heavy atom. The summed E-state index contributed by atoms with van der Waals surface area (Å²) >= 11 is 0. The Bertz CT molecular complexity index is 324. The Kier molecular flexibility index (Phi) is 4.89. The van der Waals surface area contributed by atoms with Crippen molar-refractivity contribution in [1.82, 2.24) is 4.98 Å². The van der Waals surface area contributed by atoms with Gasteiger partial charge in [-0.05, 0) is 31.9 Å². The van der Waals surface area contributed by atoms with E-state index in [4.69, 9.17) is 10.5 Å². The second-order valence-corrected chi connectivity index (χ2v) is 3.68. The highest BCUT2D eigenvalue weighted by atomic mass is 16.5. The third-order valence-electron chi connectivity index (χ3n) is 2.51. The fraction of sp³-hybridized carbons (Fsp3) is 0.583. The van der Waals surface area contributed by atoms with Gasteiger partial charge in [0.15, 0.2) is 0 Å². The maximum Gasteiger partial charge on any atom is 0.239 e. The van der Waals surface area contributed by atoms with Gasteiger partial charge in [0.05, 0.1) is 12.3 Å². The largest absolute Gasteiger partial charge is 0.476 e. The molecule has 0 spiro atoms. The molecule has 0 fully saturated rings. The molecule has 0 aliphatic heterocycles. The minimum absolute atomic E-state index is 0.450. The number of hydrogen-bond acceptors (Lipinski definition) is 4. The lowest BCUT2D eigenvalue weighted by Gasteiger charge is -2.16. The summed E-state index contributed by atoms with van der Waals surface area (Å²) in [5, 5.41) is 3.36. The number of ether oxygens (including phenoxy) is 1. The summed E-state index contributed by atoms with van der Waals surface area (Å²) < 4.78 is 5.35. The first-order valence-electron chi connectivity index (χ1n) is 5.87. The smallest absolute Gasteiger partial charge is 0.239 e. The Morgan fingerprint density at radius 1 is 1.31 bits per heavy atom. The van der Waals surface area contributed by atoms with E-state index in [1.165, 1.54) is 0 Å². The van der Waals surface area contributed by atoms with Crippen LogP contribution < -0.4 is 15.8 Å². The topological polar surface area (TPSA) is 60.2 Å². The Balaban J connectivity index is 2.77. The molecular weight excluding hydrogens is 202 g/mol. The van der Waals surface area contributed by atoms with E-state index in [1.807, 2.05) is 19.1 Å². The van der Waals surface area contributed by atoms with Crippen LogP contribution >= 0.6 is 0 Å². The summed E-state index contributed by atoms with van der Waals surface area (Å²) in [5.74, 6) is 1.34. The van der Waals surface area contributed by atoms with Crippen molar-refractivity contribution in [3.8, 4) is 5.88 Å². The quantitative estimate of drug-likeness (QED) is 0.778. The van der Waals surface area contributed by atoms with Crippen molar-refractivity contribution in [2.24, 2.45) is 0 Å². The second-order valence-electron chi connectivity index (χ2n) is 3.68. The van der Waals surface area contributed by atoms with E-state index in [1.54, 1.807) is 0 Å². The van der Waals surface area contributed by atoms with E-state index in [0.29, 0.717) is 24.2 Å². The van der Waals surface area contributed by atoms with Crippen molar-refractivity contribution >= 4 is 11.5 Å². The fourth-order valence-electron chi connectivity index (χ4n) is 1.49. The van der Waals surface area contributed by atoms with E-state index in [0.717, 1.165) is 18.7 Å². The highest BCUT2D eigenvalue weighted by Gasteiger charge is 2.07.